The van der Waals surface area contributed by atoms with E-state index in [-0.39, 0.29) is 5.54 Å². The molecule has 1 aliphatic rings. The molecule has 92 valence electrons. The summed E-state index contributed by atoms with van der Waals surface area (Å²) >= 11 is 5.45. The smallest absolute Gasteiger partial charge is 0.179 e. The van der Waals surface area contributed by atoms with Gasteiger partial charge in [-0.25, -0.2) is 0 Å². The van der Waals surface area contributed by atoms with Crippen LogP contribution < -0.4 is 0 Å². The highest BCUT2D eigenvalue weighted by Gasteiger charge is 2.34. The molecule has 1 saturated heterocycles. The Morgan fingerprint density at radius 2 is 2.29 bits per heavy atom. The second-order valence-corrected chi connectivity index (χ2v) is 5.36. The van der Waals surface area contributed by atoms with Gasteiger partial charge in [-0.3, -0.25) is 9.25 Å². The summed E-state index contributed by atoms with van der Waals surface area (Å²) in [5.74, 6) is 0. The predicted octanol–water partition coefficient (Wildman–Crippen LogP) is 1.88. The van der Waals surface area contributed by atoms with Crippen LogP contribution in [0.4, 0.5) is 0 Å². The molecule has 6 heteroatoms. The van der Waals surface area contributed by atoms with Crippen molar-refractivity contribution in [2.24, 2.45) is 7.05 Å². The Bertz CT molecular complexity index is 630. The second kappa shape index (κ2) is 3.43. The summed E-state index contributed by atoms with van der Waals surface area (Å²) < 4.78 is 10.3. The maximum atomic E-state index is 5.52. The van der Waals surface area contributed by atoms with E-state index < -0.39 is 0 Å². The van der Waals surface area contributed by atoms with E-state index in [0.29, 0.717) is 6.61 Å². The number of ether oxygens (including phenoxy) is 1. The van der Waals surface area contributed by atoms with Crippen LogP contribution in [-0.4, -0.2) is 32.5 Å². The fraction of sp³-hybridized carbons (Fsp3) is 0.636. The maximum Gasteiger partial charge on any atom is 0.179 e. The molecule has 0 aromatic carbocycles. The lowest BCUT2D eigenvalue weighted by molar-refractivity contribution is 0.162. The van der Waals surface area contributed by atoms with Gasteiger partial charge in [0.15, 0.2) is 10.4 Å². The molecule has 1 N–H and O–H groups in total. The first-order valence-electron chi connectivity index (χ1n) is 5.75. The van der Waals surface area contributed by atoms with Crippen molar-refractivity contribution < 1.29 is 4.74 Å². The Kier molecular flexibility index (Phi) is 2.21. The van der Waals surface area contributed by atoms with Crippen molar-refractivity contribution in [2.75, 3.05) is 13.2 Å². The van der Waals surface area contributed by atoms with Crippen LogP contribution in [0, 0.1) is 11.7 Å². The molecule has 1 fully saturated rings. The fourth-order valence-electron chi connectivity index (χ4n) is 2.64. The lowest BCUT2D eigenvalue weighted by atomic mass is 10.0. The van der Waals surface area contributed by atoms with Gasteiger partial charge in [0.05, 0.1) is 17.8 Å². The van der Waals surface area contributed by atoms with Gasteiger partial charge in [0, 0.05) is 13.7 Å². The molecule has 5 nitrogen and oxygen atoms in total. The van der Waals surface area contributed by atoms with Crippen molar-refractivity contribution in [1.82, 2.24) is 19.3 Å². The minimum absolute atomic E-state index is 0.0600. The molecule has 1 atom stereocenters. The minimum atomic E-state index is -0.0600. The zero-order valence-electron chi connectivity index (χ0n) is 10.3. The summed E-state index contributed by atoms with van der Waals surface area (Å²) in [4.78, 5) is 3.26. The summed E-state index contributed by atoms with van der Waals surface area (Å²) in [5, 5.41) is 4.43. The van der Waals surface area contributed by atoms with Gasteiger partial charge < -0.3 is 9.72 Å². The molecule has 0 bridgehead atoms. The van der Waals surface area contributed by atoms with E-state index in [1.54, 1.807) is 0 Å². The molecule has 2 aromatic rings. The molecule has 2 aromatic heterocycles. The van der Waals surface area contributed by atoms with Gasteiger partial charge in [0.2, 0.25) is 0 Å². The zero-order chi connectivity index (χ0) is 12.2. The van der Waals surface area contributed by atoms with E-state index in [2.05, 4.69) is 21.6 Å². The minimum Gasteiger partial charge on any atom is -0.379 e. The molecule has 3 rings (SSSR count). The van der Waals surface area contributed by atoms with Crippen LogP contribution in [0.1, 0.15) is 19.0 Å². The van der Waals surface area contributed by atoms with Crippen molar-refractivity contribution in [1.29, 1.82) is 0 Å². The van der Waals surface area contributed by atoms with Crippen molar-refractivity contribution >= 4 is 23.4 Å². The normalized spacial score (nSPS) is 24.9. The number of nitrogens with zero attached hydrogens (tertiary/aromatic N) is 3. The van der Waals surface area contributed by atoms with E-state index in [1.807, 2.05) is 18.7 Å². The average molecular weight is 252 g/mol. The molecule has 17 heavy (non-hydrogen) atoms. The standard InChI is InChI=1S/C11H16N4OS/c1-7-8-9(14(3)13-7)15(10(17)12-8)11(2)4-5-16-6-11/h4-6H2,1-3H3,(H,12,17). The van der Waals surface area contributed by atoms with Crippen LogP contribution in [0.5, 0.6) is 0 Å². The maximum absolute atomic E-state index is 5.52. The molecule has 3 heterocycles. The molecule has 0 spiro atoms. The molecular weight excluding hydrogens is 236 g/mol. The average Bonchev–Trinajstić information content (AvgIpc) is 2.88. The summed E-state index contributed by atoms with van der Waals surface area (Å²) in [6.45, 7) is 5.68. The van der Waals surface area contributed by atoms with E-state index >= 15 is 0 Å². The van der Waals surface area contributed by atoms with Crippen LogP contribution in [0.15, 0.2) is 0 Å². The number of aromatic amines is 1. The number of aryl methyl sites for hydroxylation is 2. The van der Waals surface area contributed by atoms with Gasteiger partial charge in [0.25, 0.3) is 0 Å². The highest BCUT2D eigenvalue weighted by atomic mass is 32.1. The van der Waals surface area contributed by atoms with Gasteiger partial charge in [0.1, 0.15) is 5.52 Å². The van der Waals surface area contributed by atoms with Crippen LogP contribution in [0.3, 0.4) is 0 Å². The van der Waals surface area contributed by atoms with Gasteiger partial charge in [-0.15, -0.1) is 0 Å². The largest absolute Gasteiger partial charge is 0.379 e. The number of H-pyrrole nitrogens is 1. The third kappa shape index (κ3) is 1.40. The van der Waals surface area contributed by atoms with Crippen LogP contribution in [0.25, 0.3) is 11.2 Å². The van der Waals surface area contributed by atoms with Gasteiger partial charge in [-0.1, -0.05) is 0 Å². The van der Waals surface area contributed by atoms with Crippen LogP contribution in [-0.2, 0) is 17.3 Å². The van der Waals surface area contributed by atoms with E-state index in [9.17, 15) is 0 Å². The van der Waals surface area contributed by atoms with Crippen molar-refractivity contribution in [3.05, 3.63) is 10.5 Å². The first-order valence-corrected chi connectivity index (χ1v) is 6.16. The number of hydrogen-bond donors (Lipinski definition) is 1. The third-order valence-electron chi connectivity index (χ3n) is 3.58. The number of imidazole rings is 1. The highest BCUT2D eigenvalue weighted by Crippen LogP contribution is 2.31. The molecule has 0 radical (unpaired) electrons. The van der Waals surface area contributed by atoms with Crippen molar-refractivity contribution in [3.8, 4) is 0 Å². The molecular formula is C11H16N4OS. The first kappa shape index (κ1) is 11.0. The lowest BCUT2D eigenvalue weighted by Crippen LogP contribution is -2.31. The Labute approximate surface area is 104 Å². The molecule has 0 aliphatic carbocycles. The number of hydrogen-bond acceptors (Lipinski definition) is 3. The predicted molar refractivity (Wildman–Crippen MR) is 67.7 cm³/mol. The lowest BCUT2D eigenvalue weighted by Gasteiger charge is -2.24. The number of nitrogens with one attached hydrogen (secondary N) is 1. The Morgan fingerprint density at radius 3 is 2.94 bits per heavy atom. The third-order valence-corrected chi connectivity index (χ3v) is 3.86. The number of aromatic nitrogens is 4. The monoisotopic (exact) mass is 252 g/mol. The molecule has 1 aliphatic heterocycles. The van der Waals surface area contributed by atoms with Crippen molar-refractivity contribution in [2.45, 2.75) is 25.8 Å². The van der Waals surface area contributed by atoms with Crippen LogP contribution >= 0.6 is 12.2 Å². The topological polar surface area (TPSA) is 47.8 Å². The number of fused-ring (bicyclic) bond motifs is 1. The summed E-state index contributed by atoms with van der Waals surface area (Å²) in [6.07, 6.45) is 0.985. The molecule has 0 saturated carbocycles. The van der Waals surface area contributed by atoms with Crippen molar-refractivity contribution in [3.63, 3.8) is 0 Å². The number of rotatable bonds is 1. The molecule has 0 amide bonds. The Morgan fingerprint density at radius 1 is 1.53 bits per heavy atom. The van der Waals surface area contributed by atoms with Gasteiger partial charge >= 0.3 is 0 Å². The summed E-state index contributed by atoms with van der Waals surface area (Å²) in [6, 6.07) is 0. The second-order valence-electron chi connectivity index (χ2n) is 4.97. The summed E-state index contributed by atoms with van der Waals surface area (Å²) in [5.41, 5.74) is 3.01. The zero-order valence-corrected chi connectivity index (χ0v) is 11.1. The first-order chi connectivity index (χ1) is 8.03. The van der Waals surface area contributed by atoms with Gasteiger partial charge in [-0.2, -0.15) is 5.10 Å². The molecule has 1 unspecified atom stereocenters. The van der Waals surface area contributed by atoms with Crippen LogP contribution in [0.2, 0.25) is 0 Å². The Hall–Kier alpha value is -1.14. The SMILES string of the molecule is Cc1nn(C)c2c1[nH]c(=S)n2C1(C)CCOC1. The van der Waals surface area contributed by atoms with Gasteiger partial charge in [-0.05, 0) is 32.5 Å². The highest BCUT2D eigenvalue weighted by molar-refractivity contribution is 7.71. The summed E-state index contributed by atoms with van der Waals surface area (Å²) in [7, 11) is 1.95. The van der Waals surface area contributed by atoms with E-state index in [0.717, 1.165) is 34.7 Å². The Balaban J connectivity index is 2.35. The quantitative estimate of drug-likeness (QED) is 0.788. The fourth-order valence-corrected chi connectivity index (χ4v) is 3.05. The van der Waals surface area contributed by atoms with E-state index in [1.165, 1.54) is 0 Å². The van der Waals surface area contributed by atoms with E-state index in [4.69, 9.17) is 17.0 Å².